The predicted octanol–water partition coefficient (Wildman–Crippen LogP) is -0.263. The van der Waals surface area contributed by atoms with Gasteiger partial charge in [0, 0.05) is 18.7 Å². The van der Waals surface area contributed by atoms with Gasteiger partial charge in [-0.25, -0.2) is 15.0 Å². The number of carbonyl (C=O) groups excluding carboxylic acids is 2. The van der Waals surface area contributed by atoms with E-state index >= 15 is 0 Å². The lowest BCUT2D eigenvalue weighted by Gasteiger charge is -2.19. The van der Waals surface area contributed by atoms with E-state index in [1.165, 1.54) is 6.92 Å². The summed E-state index contributed by atoms with van der Waals surface area (Å²) in [6.45, 7) is 6.80. The van der Waals surface area contributed by atoms with Gasteiger partial charge in [-0.15, -0.1) is 0 Å². The number of rotatable bonds is 5. The second-order valence-electron chi connectivity index (χ2n) is 5.92. The molecular weight excluding hydrogens is 318 g/mol. The minimum atomic E-state index is -0.619. The van der Waals surface area contributed by atoms with Gasteiger partial charge in [-0.2, -0.15) is 5.10 Å². The Morgan fingerprint density at radius 3 is 2.50 bits per heavy atom. The van der Waals surface area contributed by atoms with E-state index in [2.05, 4.69) is 25.8 Å². The Hall–Kier alpha value is -2.91. The van der Waals surface area contributed by atoms with Crippen molar-refractivity contribution < 1.29 is 14.3 Å². The largest absolute Gasteiger partial charge is 0.444 e. The molecule has 0 saturated heterocycles. The molecule has 24 heavy (non-hydrogen) atoms. The van der Waals surface area contributed by atoms with E-state index in [9.17, 15) is 19.2 Å². The summed E-state index contributed by atoms with van der Waals surface area (Å²) >= 11 is 0. The highest BCUT2D eigenvalue weighted by Gasteiger charge is 2.15. The lowest BCUT2D eigenvalue weighted by molar-refractivity contribution is -0.120. The minimum absolute atomic E-state index is 0.0163. The molecule has 10 nitrogen and oxygen atoms in total. The van der Waals surface area contributed by atoms with Crippen molar-refractivity contribution in [3.63, 3.8) is 0 Å². The van der Waals surface area contributed by atoms with Crippen LogP contribution in [0.15, 0.2) is 14.7 Å². The molecule has 0 aliphatic carbocycles. The van der Waals surface area contributed by atoms with E-state index in [-0.39, 0.29) is 18.5 Å². The molecule has 1 heterocycles. The maximum Gasteiger partial charge on any atom is 0.407 e. The number of nitrogens with zero attached hydrogens (tertiary/aromatic N) is 1. The minimum Gasteiger partial charge on any atom is -0.444 e. The van der Waals surface area contributed by atoms with Crippen LogP contribution in [0.3, 0.4) is 0 Å². The van der Waals surface area contributed by atoms with Crippen molar-refractivity contribution in [2.75, 3.05) is 6.54 Å². The Morgan fingerprint density at radius 2 is 1.92 bits per heavy atom. The highest BCUT2D eigenvalue weighted by molar-refractivity contribution is 5.83. The molecule has 0 aliphatic rings. The molecule has 132 valence electrons. The van der Waals surface area contributed by atoms with E-state index < -0.39 is 28.9 Å². The zero-order chi connectivity index (χ0) is 18.3. The van der Waals surface area contributed by atoms with E-state index in [4.69, 9.17) is 4.74 Å². The number of hydrogen-bond donors (Lipinski definition) is 4. The normalized spacial score (nSPS) is 11.3. The van der Waals surface area contributed by atoms with Gasteiger partial charge in [0.05, 0.1) is 11.8 Å². The maximum atomic E-state index is 11.6. The van der Waals surface area contributed by atoms with Gasteiger partial charge in [0.15, 0.2) is 0 Å². The summed E-state index contributed by atoms with van der Waals surface area (Å²) in [6, 6.07) is 0. The van der Waals surface area contributed by atoms with Crippen LogP contribution in [-0.2, 0) is 9.53 Å². The summed E-state index contributed by atoms with van der Waals surface area (Å²) in [6.07, 6.45) is 0.495. The monoisotopic (exact) mass is 339 g/mol. The Bertz CT molecular complexity index is 741. The van der Waals surface area contributed by atoms with Gasteiger partial charge < -0.3 is 15.0 Å². The van der Waals surface area contributed by atoms with Crippen LogP contribution in [0.1, 0.15) is 38.4 Å². The molecule has 4 N–H and O–H groups in total. The number of hydrazone groups is 1. The molecule has 0 unspecified atom stereocenters. The fourth-order valence-electron chi connectivity index (χ4n) is 1.58. The third kappa shape index (κ3) is 6.90. The van der Waals surface area contributed by atoms with Crippen molar-refractivity contribution in [2.24, 2.45) is 5.10 Å². The van der Waals surface area contributed by atoms with Crippen molar-refractivity contribution in [1.82, 2.24) is 20.7 Å². The van der Waals surface area contributed by atoms with Crippen molar-refractivity contribution in [3.05, 3.63) is 32.1 Å². The van der Waals surface area contributed by atoms with E-state index in [1.807, 2.05) is 0 Å². The van der Waals surface area contributed by atoms with Crippen molar-refractivity contribution in [3.8, 4) is 0 Å². The van der Waals surface area contributed by atoms with Crippen molar-refractivity contribution in [1.29, 1.82) is 0 Å². The van der Waals surface area contributed by atoms with Crippen LogP contribution < -0.4 is 22.0 Å². The average Bonchev–Trinajstić information content (AvgIpc) is 2.39. The molecule has 1 aromatic rings. The van der Waals surface area contributed by atoms with E-state index in [0.717, 1.165) is 6.21 Å². The Labute approximate surface area is 137 Å². The number of hydrogen-bond acceptors (Lipinski definition) is 6. The molecule has 0 saturated carbocycles. The van der Waals surface area contributed by atoms with Crippen LogP contribution in [0.4, 0.5) is 4.79 Å². The van der Waals surface area contributed by atoms with Crippen LogP contribution in [0.25, 0.3) is 0 Å². The summed E-state index contributed by atoms with van der Waals surface area (Å²) in [7, 11) is 0. The smallest absolute Gasteiger partial charge is 0.407 e. The Balaban J connectivity index is 2.43. The van der Waals surface area contributed by atoms with Gasteiger partial charge in [-0.3, -0.25) is 14.6 Å². The first-order chi connectivity index (χ1) is 11.1. The molecule has 0 spiro atoms. The number of aromatic amines is 2. The molecule has 1 rings (SSSR count). The highest BCUT2D eigenvalue weighted by Crippen LogP contribution is 2.06. The van der Waals surface area contributed by atoms with Crippen LogP contribution in [0.5, 0.6) is 0 Å². The number of nitrogens with one attached hydrogen (secondary N) is 4. The van der Waals surface area contributed by atoms with Crippen molar-refractivity contribution >= 4 is 18.2 Å². The van der Waals surface area contributed by atoms with Gasteiger partial charge in [0.1, 0.15) is 5.60 Å². The van der Waals surface area contributed by atoms with Gasteiger partial charge >= 0.3 is 11.8 Å². The van der Waals surface area contributed by atoms with E-state index in [1.54, 1.807) is 20.8 Å². The first kappa shape index (κ1) is 19.1. The second kappa shape index (κ2) is 8.09. The number of alkyl carbamates (subject to hydrolysis) is 1. The lowest BCUT2D eigenvalue weighted by atomic mass is 10.2. The molecule has 0 radical (unpaired) electrons. The summed E-state index contributed by atoms with van der Waals surface area (Å²) < 4.78 is 5.02. The van der Waals surface area contributed by atoms with Gasteiger partial charge in [-0.05, 0) is 27.7 Å². The SMILES string of the molecule is Cc1[nH]c(=O)[nH]c(=O)c1/C=N\NC(=O)CCNC(=O)OC(C)(C)C. The standard InChI is InChI=1S/C14H21N5O5/c1-8-9(11(21)18-12(22)17-8)7-16-19-10(20)5-6-15-13(23)24-14(2,3)4/h7H,5-6H2,1-4H3,(H,15,23)(H,19,20)(H2,17,18,21,22)/b16-7-. The van der Waals surface area contributed by atoms with Gasteiger partial charge in [0.25, 0.3) is 5.56 Å². The van der Waals surface area contributed by atoms with Gasteiger partial charge in [-0.1, -0.05) is 0 Å². The zero-order valence-corrected chi connectivity index (χ0v) is 14.0. The third-order valence-corrected chi connectivity index (χ3v) is 2.58. The van der Waals surface area contributed by atoms with Gasteiger partial charge in [0.2, 0.25) is 5.91 Å². The lowest BCUT2D eigenvalue weighted by Crippen LogP contribution is -2.34. The fourth-order valence-corrected chi connectivity index (χ4v) is 1.58. The molecule has 1 aromatic heterocycles. The molecule has 0 atom stereocenters. The summed E-state index contributed by atoms with van der Waals surface area (Å²) in [5.41, 5.74) is 0.828. The Morgan fingerprint density at radius 1 is 1.25 bits per heavy atom. The number of ether oxygens (including phenoxy) is 1. The summed E-state index contributed by atoms with van der Waals surface area (Å²) in [4.78, 5) is 50.0. The molecule has 0 aromatic carbocycles. The fraction of sp³-hybridized carbons (Fsp3) is 0.500. The molecule has 0 bridgehead atoms. The average molecular weight is 339 g/mol. The number of carbonyl (C=O) groups is 2. The molecular formula is C14H21N5O5. The second-order valence-corrected chi connectivity index (χ2v) is 5.92. The number of amides is 2. The molecule has 0 fully saturated rings. The number of aryl methyl sites for hydroxylation is 1. The van der Waals surface area contributed by atoms with Crippen LogP contribution >= 0.6 is 0 Å². The highest BCUT2D eigenvalue weighted by atomic mass is 16.6. The Kier molecular flexibility index (Phi) is 6.45. The van der Waals surface area contributed by atoms with E-state index in [0.29, 0.717) is 5.69 Å². The third-order valence-electron chi connectivity index (χ3n) is 2.58. The predicted molar refractivity (Wildman–Crippen MR) is 87.0 cm³/mol. The molecule has 0 aliphatic heterocycles. The van der Waals surface area contributed by atoms with Crippen LogP contribution in [-0.4, -0.2) is 40.3 Å². The maximum absolute atomic E-state index is 11.6. The first-order valence-corrected chi connectivity index (χ1v) is 7.20. The summed E-state index contributed by atoms with van der Waals surface area (Å²) in [5.74, 6) is -0.458. The quantitative estimate of drug-likeness (QED) is 0.431. The number of H-pyrrole nitrogens is 2. The molecule has 2 amide bonds. The first-order valence-electron chi connectivity index (χ1n) is 7.20. The topological polar surface area (TPSA) is 146 Å². The van der Waals surface area contributed by atoms with Crippen molar-refractivity contribution in [2.45, 2.75) is 39.7 Å². The number of aromatic nitrogens is 2. The zero-order valence-electron chi connectivity index (χ0n) is 14.0. The van der Waals surface area contributed by atoms with Crippen LogP contribution in [0.2, 0.25) is 0 Å². The summed E-state index contributed by atoms with van der Waals surface area (Å²) in [5, 5.41) is 6.07. The molecule has 10 heteroatoms. The van der Waals surface area contributed by atoms with Crippen LogP contribution in [0, 0.1) is 6.92 Å².